The van der Waals surface area contributed by atoms with Crippen molar-refractivity contribution in [2.75, 3.05) is 33.1 Å². The zero-order valence-electron chi connectivity index (χ0n) is 19.1. The number of halogens is 1. The molecule has 3 aliphatic rings. The summed E-state index contributed by atoms with van der Waals surface area (Å²) in [5, 5.41) is 44.4. The molecule has 0 aromatic heterocycles. The average Bonchev–Trinajstić information content (AvgIpc) is 2.72. The number of carbonyl (C=O) groups is 3. The highest BCUT2D eigenvalue weighted by molar-refractivity contribution is 14.1. The number of aliphatic hydroxyl groups is 3. The third kappa shape index (κ3) is 3.09. The molecular weight excluding hydrogens is 557 g/mol. The van der Waals surface area contributed by atoms with Gasteiger partial charge in [-0.15, -0.1) is 0 Å². The van der Waals surface area contributed by atoms with Crippen LogP contribution in [-0.2, 0) is 20.8 Å². The third-order valence-electron chi connectivity index (χ3n) is 7.13. The molecule has 3 aliphatic carbocycles. The van der Waals surface area contributed by atoms with E-state index in [0.717, 1.165) is 5.69 Å². The van der Waals surface area contributed by atoms with Crippen molar-refractivity contribution < 1.29 is 34.8 Å². The van der Waals surface area contributed by atoms with Gasteiger partial charge in [-0.05, 0) is 67.1 Å². The van der Waals surface area contributed by atoms with E-state index in [9.17, 15) is 34.8 Å². The maximum Gasteiger partial charge on any atom is 0.255 e. The molecule has 0 saturated heterocycles. The lowest BCUT2D eigenvalue weighted by Crippen LogP contribution is -2.65. The summed E-state index contributed by atoms with van der Waals surface area (Å²) in [6.07, 6.45) is 0.317. The van der Waals surface area contributed by atoms with Gasteiger partial charge in [0.25, 0.3) is 5.91 Å². The first-order valence-electron chi connectivity index (χ1n) is 10.6. The van der Waals surface area contributed by atoms with Gasteiger partial charge in [-0.1, -0.05) is 0 Å². The Morgan fingerprint density at radius 2 is 1.79 bits per heavy atom. The Balaban J connectivity index is 2.01. The number of phenols is 1. The van der Waals surface area contributed by atoms with Crippen molar-refractivity contribution in [1.82, 2.24) is 4.90 Å². The van der Waals surface area contributed by atoms with Gasteiger partial charge in [-0.25, -0.2) is 0 Å². The van der Waals surface area contributed by atoms with E-state index in [0.29, 0.717) is 9.13 Å². The van der Waals surface area contributed by atoms with Crippen LogP contribution in [-0.4, -0.2) is 82.6 Å². The largest absolute Gasteiger partial charge is 0.508 e. The van der Waals surface area contributed by atoms with E-state index in [1.54, 1.807) is 20.2 Å². The summed E-state index contributed by atoms with van der Waals surface area (Å²) in [6, 6.07) is 0.671. The Kier molecular flexibility index (Phi) is 5.73. The summed E-state index contributed by atoms with van der Waals surface area (Å²) in [7, 11) is 6.77. The maximum absolute atomic E-state index is 13.8. The van der Waals surface area contributed by atoms with Gasteiger partial charge in [-0.2, -0.15) is 0 Å². The second kappa shape index (κ2) is 7.95. The predicted molar refractivity (Wildman–Crippen MR) is 131 cm³/mol. The minimum Gasteiger partial charge on any atom is -0.508 e. The summed E-state index contributed by atoms with van der Waals surface area (Å²) in [5.74, 6) is -6.52. The molecule has 182 valence electrons. The van der Waals surface area contributed by atoms with Crippen LogP contribution >= 0.6 is 22.6 Å². The monoisotopic (exact) mass is 583 g/mol. The molecule has 1 amide bonds. The second-order valence-corrected chi connectivity index (χ2v) is 10.6. The molecule has 0 radical (unpaired) electrons. The minimum absolute atomic E-state index is 0.0609. The Morgan fingerprint density at radius 3 is 2.32 bits per heavy atom. The molecule has 4 rings (SSSR count). The molecule has 1 saturated carbocycles. The molecule has 1 aromatic carbocycles. The molecule has 6 N–H and O–H groups in total. The van der Waals surface area contributed by atoms with Crippen LogP contribution in [0.4, 0.5) is 5.69 Å². The van der Waals surface area contributed by atoms with Crippen LogP contribution in [0.5, 0.6) is 5.75 Å². The van der Waals surface area contributed by atoms with E-state index in [2.05, 4.69) is 0 Å². The van der Waals surface area contributed by atoms with Gasteiger partial charge in [-0.3, -0.25) is 19.3 Å². The number of benzene rings is 1. The fourth-order valence-electron chi connectivity index (χ4n) is 5.66. The molecule has 1 aromatic rings. The lowest BCUT2D eigenvalue weighted by atomic mass is 9.57. The van der Waals surface area contributed by atoms with E-state index < -0.39 is 58.0 Å². The Labute approximate surface area is 209 Å². The number of aliphatic hydroxyl groups excluding tert-OH is 2. The van der Waals surface area contributed by atoms with Crippen LogP contribution in [0.15, 0.2) is 23.0 Å². The van der Waals surface area contributed by atoms with Gasteiger partial charge in [0, 0.05) is 31.3 Å². The number of amides is 1. The number of anilines is 1. The van der Waals surface area contributed by atoms with Crippen molar-refractivity contribution in [3.63, 3.8) is 0 Å². The average molecular weight is 583 g/mol. The van der Waals surface area contributed by atoms with Crippen molar-refractivity contribution in [1.29, 1.82) is 0 Å². The SMILES string of the molecule is CN(C)c1cc(I)c(O)c2c1C[C@H]1C[C@H]3[C@H](N(C)C)C(=O)C(C(N)=O)=C(O)C3(O)C(=O)C1=C2O. The van der Waals surface area contributed by atoms with Crippen LogP contribution < -0.4 is 10.6 Å². The standard InChI is InChI=1S/C23H26IN3O7/c1-26(2)12-7-11(24)17(28)14-9(12)5-8-6-10-16(27(3)4)19(30)15(22(25)33)21(32)23(10,34)20(31)13(8)18(14)29/h7-8,10,16,28-29,32,34H,5-6H2,1-4H3,(H2,25,33)/t8-,10-,16-,23?/m0/s1. The number of phenolic OH excluding ortho intramolecular Hbond substituents is 1. The lowest BCUT2D eigenvalue weighted by molar-refractivity contribution is -0.153. The third-order valence-corrected chi connectivity index (χ3v) is 7.95. The first kappa shape index (κ1) is 24.5. The van der Waals surface area contributed by atoms with Crippen LogP contribution in [0.1, 0.15) is 17.5 Å². The zero-order valence-corrected chi connectivity index (χ0v) is 21.2. The van der Waals surface area contributed by atoms with Gasteiger partial charge >= 0.3 is 0 Å². The fourth-order valence-corrected chi connectivity index (χ4v) is 6.22. The highest BCUT2D eigenvalue weighted by Gasteiger charge is 2.64. The van der Waals surface area contributed by atoms with Crippen LogP contribution in [0, 0.1) is 15.4 Å². The van der Waals surface area contributed by atoms with Crippen LogP contribution in [0.3, 0.4) is 0 Å². The van der Waals surface area contributed by atoms with Crippen molar-refractivity contribution in [3.05, 3.63) is 37.7 Å². The predicted octanol–water partition coefficient (Wildman–Crippen LogP) is 0.635. The van der Waals surface area contributed by atoms with Gasteiger partial charge in [0.15, 0.2) is 11.4 Å². The number of ketones is 2. The number of likely N-dealkylation sites (N-methyl/N-ethyl adjacent to an activating group) is 1. The number of fused-ring (bicyclic) bond motifs is 3. The number of carbonyl (C=O) groups excluding carboxylic acids is 3. The summed E-state index contributed by atoms with van der Waals surface area (Å²) in [4.78, 5) is 42.2. The number of aromatic hydroxyl groups is 1. The Morgan fingerprint density at radius 1 is 1.18 bits per heavy atom. The summed E-state index contributed by atoms with van der Waals surface area (Å²) in [6.45, 7) is 0. The van der Waals surface area contributed by atoms with E-state index in [1.807, 2.05) is 41.6 Å². The normalized spacial score (nSPS) is 28.6. The Hall–Kier alpha value is -2.64. The summed E-state index contributed by atoms with van der Waals surface area (Å²) < 4.78 is 0.459. The number of primary amides is 1. The molecular formula is C23H26IN3O7. The highest BCUT2D eigenvalue weighted by atomic mass is 127. The van der Waals surface area contributed by atoms with Gasteiger partial charge in [0.1, 0.15) is 22.8 Å². The van der Waals surface area contributed by atoms with Gasteiger partial charge < -0.3 is 31.1 Å². The molecule has 0 bridgehead atoms. The fraction of sp³-hybridized carbons (Fsp3) is 0.435. The second-order valence-electron chi connectivity index (χ2n) is 9.44. The number of nitrogens with zero attached hydrogens (tertiary/aromatic N) is 2. The number of nitrogens with two attached hydrogens (primary N) is 1. The molecule has 1 fully saturated rings. The number of rotatable bonds is 3. The van der Waals surface area contributed by atoms with E-state index in [4.69, 9.17) is 5.73 Å². The Bertz CT molecular complexity index is 1220. The van der Waals surface area contributed by atoms with E-state index in [-0.39, 0.29) is 29.7 Å². The first-order valence-corrected chi connectivity index (χ1v) is 11.7. The number of hydrogen-bond donors (Lipinski definition) is 5. The van der Waals surface area contributed by atoms with Crippen LogP contribution in [0.25, 0.3) is 5.76 Å². The molecule has 34 heavy (non-hydrogen) atoms. The van der Waals surface area contributed by atoms with Crippen molar-refractivity contribution in [3.8, 4) is 5.75 Å². The summed E-state index contributed by atoms with van der Waals surface area (Å²) in [5.41, 5.74) is 3.18. The molecule has 0 aliphatic heterocycles. The molecule has 11 heteroatoms. The van der Waals surface area contributed by atoms with Crippen LogP contribution in [0.2, 0.25) is 0 Å². The van der Waals surface area contributed by atoms with Gasteiger partial charge in [0.2, 0.25) is 5.78 Å². The topological polar surface area (TPSA) is 165 Å². The van der Waals surface area contributed by atoms with Crippen molar-refractivity contribution in [2.24, 2.45) is 17.6 Å². The molecule has 1 unspecified atom stereocenters. The first-order chi connectivity index (χ1) is 15.7. The number of Topliss-reactive ketones (excluding diaryl/α,β-unsaturated/α-hetero) is 2. The molecule has 10 nitrogen and oxygen atoms in total. The van der Waals surface area contributed by atoms with Crippen molar-refractivity contribution >= 4 is 51.5 Å². The van der Waals surface area contributed by atoms with Crippen molar-refractivity contribution in [2.45, 2.75) is 24.5 Å². The lowest BCUT2D eigenvalue weighted by Gasteiger charge is -2.50. The maximum atomic E-state index is 13.8. The van der Waals surface area contributed by atoms with E-state index in [1.165, 1.54) is 4.90 Å². The minimum atomic E-state index is -2.63. The molecule has 4 atom stereocenters. The molecule has 0 spiro atoms. The quantitative estimate of drug-likeness (QED) is 0.254. The smallest absolute Gasteiger partial charge is 0.255 e. The highest BCUT2D eigenvalue weighted by Crippen LogP contribution is 2.54. The number of hydrogen-bond acceptors (Lipinski definition) is 9. The molecule has 0 heterocycles. The zero-order chi connectivity index (χ0) is 25.4. The van der Waals surface area contributed by atoms with E-state index >= 15 is 0 Å². The summed E-state index contributed by atoms with van der Waals surface area (Å²) >= 11 is 1.92. The van der Waals surface area contributed by atoms with Gasteiger partial charge in [0.05, 0.1) is 15.2 Å².